The number of aryl methyl sites for hydroxylation is 1. The Balaban J connectivity index is 1.53. The summed E-state index contributed by atoms with van der Waals surface area (Å²) in [5.74, 6) is 0.444. The molecule has 3 aromatic rings. The van der Waals surface area contributed by atoms with Crippen LogP contribution in [0.3, 0.4) is 0 Å². The molecule has 0 unspecified atom stereocenters. The number of ether oxygens (including phenoxy) is 1. The zero-order valence-electron chi connectivity index (χ0n) is 19.8. The molecule has 0 radical (unpaired) electrons. The van der Waals surface area contributed by atoms with Crippen molar-refractivity contribution >= 4 is 39.3 Å². The summed E-state index contributed by atoms with van der Waals surface area (Å²) in [6.07, 6.45) is 1.54. The molecule has 3 rings (SSSR count). The lowest BCUT2D eigenvalue weighted by atomic mass is 9.78. The first kappa shape index (κ1) is 24.6. The number of aromatic nitrogens is 1. The number of hydrogen-bond donors (Lipinski definition) is 1. The number of rotatable bonds is 7. The third-order valence-corrected chi connectivity index (χ3v) is 7.40. The van der Waals surface area contributed by atoms with Gasteiger partial charge in [0.1, 0.15) is 5.75 Å². The van der Waals surface area contributed by atoms with E-state index < -0.39 is 0 Å². The average Bonchev–Trinajstić information content (AvgIpc) is 3.12. The number of fused-ring (bicyclic) bond motifs is 1. The average molecular weight is 472 g/mol. The lowest BCUT2D eigenvalue weighted by Crippen LogP contribution is -2.18. The van der Waals surface area contributed by atoms with Crippen LogP contribution in [-0.4, -0.2) is 28.4 Å². The number of aromatic hydroxyl groups is 1. The van der Waals surface area contributed by atoms with E-state index in [4.69, 9.17) is 4.74 Å². The molecule has 0 aliphatic carbocycles. The third-order valence-electron chi connectivity index (χ3n) is 5.25. The highest BCUT2D eigenvalue weighted by Crippen LogP contribution is 2.40. The SMILES string of the molecule is CC(C)(C)c1cc(CCCOC(=O)CSc2nc3ccccc3s2)cc(C(C)(C)C)c1O. The number of carbonyl (C=O) groups excluding carboxylic acids is 1. The molecule has 32 heavy (non-hydrogen) atoms. The van der Waals surface area contributed by atoms with E-state index >= 15 is 0 Å². The van der Waals surface area contributed by atoms with E-state index in [0.717, 1.165) is 44.1 Å². The van der Waals surface area contributed by atoms with Gasteiger partial charge in [-0.15, -0.1) is 11.3 Å². The molecule has 1 aromatic heterocycles. The van der Waals surface area contributed by atoms with Crippen LogP contribution in [0, 0.1) is 0 Å². The van der Waals surface area contributed by atoms with E-state index in [2.05, 4.69) is 58.7 Å². The predicted octanol–water partition coefficient (Wildman–Crippen LogP) is 6.87. The minimum Gasteiger partial charge on any atom is -0.507 e. The van der Waals surface area contributed by atoms with Gasteiger partial charge in [-0.3, -0.25) is 4.79 Å². The van der Waals surface area contributed by atoms with Gasteiger partial charge in [0.25, 0.3) is 0 Å². The monoisotopic (exact) mass is 471 g/mol. The molecule has 6 heteroatoms. The largest absolute Gasteiger partial charge is 0.507 e. The number of carbonyl (C=O) groups is 1. The number of para-hydroxylation sites is 1. The Morgan fingerprint density at radius 1 is 1.06 bits per heavy atom. The van der Waals surface area contributed by atoms with Crippen molar-refractivity contribution in [1.29, 1.82) is 0 Å². The summed E-state index contributed by atoms with van der Waals surface area (Å²) in [7, 11) is 0. The van der Waals surface area contributed by atoms with Crippen LogP contribution in [0.25, 0.3) is 10.2 Å². The molecule has 0 fully saturated rings. The van der Waals surface area contributed by atoms with Gasteiger partial charge < -0.3 is 9.84 Å². The second kappa shape index (κ2) is 9.84. The molecule has 172 valence electrons. The minimum atomic E-state index is -0.217. The lowest BCUT2D eigenvalue weighted by molar-refractivity contribution is -0.140. The molecule has 0 aliphatic heterocycles. The Bertz CT molecular complexity index is 1020. The number of hydrogen-bond acceptors (Lipinski definition) is 6. The van der Waals surface area contributed by atoms with Gasteiger partial charge in [-0.25, -0.2) is 4.98 Å². The zero-order chi connectivity index (χ0) is 23.5. The van der Waals surface area contributed by atoms with Gasteiger partial charge in [0.15, 0.2) is 4.34 Å². The van der Waals surface area contributed by atoms with Crippen molar-refractivity contribution in [3.05, 3.63) is 53.1 Å². The molecule has 1 heterocycles. The molecule has 0 aliphatic rings. The summed E-state index contributed by atoms with van der Waals surface area (Å²) in [5, 5.41) is 10.9. The van der Waals surface area contributed by atoms with E-state index in [-0.39, 0.29) is 22.6 Å². The minimum absolute atomic E-state index is 0.148. The summed E-state index contributed by atoms with van der Waals surface area (Å²) >= 11 is 3.02. The predicted molar refractivity (Wildman–Crippen MR) is 135 cm³/mol. The van der Waals surface area contributed by atoms with E-state index in [0.29, 0.717) is 12.4 Å². The van der Waals surface area contributed by atoms with E-state index in [1.54, 1.807) is 11.3 Å². The summed E-state index contributed by atoms with van der Waals surface area (Å²) in [5.41, 5.74) is 3.76. The molecule has 2 aromatic carbocycles. The standard InChI is InChI=1S/C26H33NO3S2/c1-25(2,3)18-14-17(15-19(23(18)29)26(4,5)6)10-9-13-30-22(28)16-31-24-27-20-11-7-8-12-21(20)32-24/h7-8,11-12,14-15,29H,9-10,13,16H2,1-6H3. The first-order valence-corrected chi connectivity index (χ1v) is 12.8. The van der Waals surface area contributed by atoms with Crippen molar-refractivity contribution in [3.8, 4) is 5.75 Å². The Labute approximate surface area is 199 Å². The van der Waals surface area contributed by atoms with Crippen LogP contribution in [-0.2, 0) is 26.8 Å². The fourth-order valence-electron chi connectivity index (χ4n) is 3.52. The van der Waals surface area contributed by atoms with Gasteiger partial charge >= 0.3 is 5.97 Å². The summed E-state index contributed by atoms with van der Waals surface area (Å²) in [4.78, 5) is 16.7. The topological polar surface area (TPSA) is 59.4 Å². The van der Waals surface area contributed by atoms with Gasteiger partial charge in [0.2, 0.25) is 0 Å². The molecule has 0 amide bonds. The van der Waals surface area contributed by atoms with Crippen LogP contribution in [0.4, 0.5) is 0 Å². The zero-order valence-corrected chi connectivity index (χ0v) is 21.5. The van der Waals surface area contributed by atoms with Crippen molar-refractivity contribution < 1.29 is 14.6 Å². The van der Waals surface area contributed by atoms with Gasteiger partial charge in [-0.05, 0) is 52.5 Å². The Kier molecular flexibility index (Phi) is 7.56. The molecule has 0 saturated heterocycles. The molecular weight excluding hydrogens is 438 g/mol. The van der Waals surface area contributed by atoms with Crippen LogP contribution < -0.4 is 0 Å². The summed E-state index contributed by atoms with van der Waals surface area (Å²) in [6.45, 7) is 13.1. The van der Waals surface area contributed by atoms with Gasteiger partial charge in [-0.2, -0.15) is 0 Å². The lowest BCUT2D eigenvalue weighted by Gasteiger charge is -2.28. The van der Waals surface area contributed by atoms with E-state index in [1.165, 1.54) is 11.8 Å². The highest BCUT2D eigenvalue weighted by Gasteiger charge is 2.26. The van der Waals surface area contributed by atoms with Crippen molar-refractivity contribution in [2.45, 2.75) is 69.6 Å². The smallest absolute Gasteiger partial charge is 0.316 e. The molecule has 4 nitrogen and oxygen atoms in total. The maximum Gasteiger partial charge on any atom is 0.316 e. The number of nitrogens with zero attached hydrogens (tertiary/aromatic N) is 1. The molecule has 0 atom stereocenters. The Morgan fingerprint density at radius 3 is 2.28 bits per heavy atom. The van der Waals surface area contributed by atoms with E-state index in [9.17, 15) is 9.90 Å². The summed E-state index contributed by atoms with van der Waals surface area (Å²) in [6, 6.07) is 12.2. The summed E-state index contributed by atoms with van der Waals surface area (Å²) < 4.78 is 7.46. The van der Waals surface area contributed by atoms with Crippen LogP contribution in [0.15, 0.2) is 40.7 Å². The van der Waals surface area contributed by atoms with Crippen LogP contribution in [0.1, 0.15) is 64.7 Å². The third kappa shape index (κ3) is 6.26. The van der Waals surface area contributed by atoms with E-state index in [1.807, 2.05) is 24.3 Å². The number of phenolic OH excluding ortho intramolecular Hbond substituents is 1. The number of esters is 1. The Hall–Kier alpha value is -2.05. The maximum absolute atomic E-state index is 12.2. The number of benzene rings is 2. The first-order valence-electron chi connectivity index (χ1n) is 11.0. The molecule has 0 spiro atoms. The Morgan fingerprint density at radius 2 is 1.69 bits per heavy atom. The number of phenols is 1. The van der Waals surface area contributed by atoms with Gasteiger partial charge in [-0.1, -0.05) is 77.6 Å². The molecule has 0 saturated carbocycles. The maximum atomic E-state index is 12.2. The van der Waals surface area contributed by atoms with Crippen LogP contribution in [0.5, 0.6) is 5.75 Å². The number of thiazole rings is 1. The van der Waals surface area contributed by atoms with Crippen LogP contribution in [0.2, 0.25) is 0 Å². The quantitative estimate of drug-likeness (QED) is 0.232. The highest BCUT2D eigenvalue weighted by atomic mass is 32.2. The van der Waals surface area contributed by atoms with Crippen molar-refractivity contribution in [3.63, 3.8) is 0 Å². The van der Waals surface area contributed by atoms with Crippen molar-refractivity contribution in [2.75, 3.05) is 12.4 Å². The second-order valence-electron chi connectivity index (χ2n) is 10.1. The van der Waals surface area contributed by atoms with Crippen LogP contribution >= 0.6 is 23.1 Å². The second-order valence-corrected chi connectivity index (χ2v) is 12.4. The van der Waals surface area contributed by atoms with Crippen molar-refractivity contribution in [2.24, 2.45) is 0 Å². The van der Waals surface area contributed by atoms with Gasteiger partial charge in [0.05, 0.1) is 22.6 Å². The molecule has 1 N–H and O–H groups in total. The molecular formula is C26H33NO3S2. The fourth-order valence-corrected chi connectivity index (χ4v) is 5.39. The fraction of sp³-hybridized carbons (Fsp3) is 0.462. The van der Waals surface area contributed by atoms with Crippen molar-refractivity contribution in [1.82, 2.24) is 4.98 Å². The highest BCUT2D eigenvalue weighted by molar-refractivity contribution is 8.01. The first-order chi connectivity index (χ1) is 14.9. The normalized spacial score (nSPS) is 12.3. The van der Waals surface area contributed by atoms with Gasteiger partial charge in [0, 0.05) is 0 Å². The molecule has 0 bridgehead atoms. The number of thioether (sulfide) groups is 1.